The fourth-order valence-electron chi connectivity index (χ4n) is 1.60. The molecular weight excluding hydrogens is 202 g/mol. The number of ether oxygens (including phenoxy) is 1. The highest BCUT2D eigenvalue weighted by molar-refractivity contribution is 5.62. The van der Waals surface area contributed by atoms with Gasteiger partial charge >= 0.3 is 0 Å². The zero-order valence-corrected chi connectivity index (χ0v) is 10.3. The van der Waals surface area contributed by atoms with E-state index in [-0.39, 0.29) is 0 Å². The predicted molar refractivity (Wildman–Crippen MR) is 67.8 cm³/mol. The summed E-state index contributed by atoms with van der Waals surface area (Å²) in [5.41, 5.74) is 6.53. The molecule has 0 aliphatic rings. The zero-order valence-electron chi connectivity index (χ0n) is 10.3. The number of nitrogens with zero attached hydrogens (tertiary/aromatic N) is 1. The van der Waals surface area contributed by atoms with Gasteiger partial charge in [0.15, 0.2) is 5.82 Å². The highest BCUT2D eigenvalue weighted by atomic mass is 16.5. The summed E-state index contributed by atoms with van der Waals surface area (Å²) in [5.74, 6) is 1.31. The van der Waals surface area contributed by atoms with Crippen LogP contribution in [0.5, 0.6) is 5.88 Å². The van der Waals surface area contributed by atoms with Crippen LogP contribution in [0.4, 0.5) is 11.5 Å². The van der Waals surface area contributed by atoms with Crippen LogP contribution in [0.1, 0.15) is 33.1 Å². The third kappa shape index (κ3) is 3.29. The van der Waals surface area contributed by atoms with E-state index < -0.39 is 0 Å². The van der Waals surface area contributed by atoms with Crippen molar-refractivity contribution in [2.75, 3.05) is 18.2 Å². The van der Waals surface area contributed by atoms with E-state index in [1.807, 2.05) is 6.07 Å². The Hall–Kier alpha value is -1.45. The van der Waals surface area contributed by atoms with Crippen LogP contribution in [0.2, 0.25) is 0 Å². The molecule has 0 aliphatic heterocycles. The topological polar surface area (TPSA) is 60.2 Å². The van der Waals surface area contributed by atoms with Crippen molar-refractivity contribution in [1.82, 2.24) is 4.98 Å². The van der Waals surface area contributed by atoms with Crippen LogP contribution in [-0.2, 0) is 0 Å². The first-order valence-corrected chi connectivity index (χ1v) is 5.78. The SMILES string of the molecule is CCCC(CC)Nc1nc(OC)ccc1N. The fourth-order valence-corrected chi connectivity index (χ4v) is 1.60. The first kappa shape index (κ1) is 12.6. The molecule has 0 saturated heterocycles. The number of nitrogen functional groups attached to an aromatic ring is 1. The average Bonchev–Trinajstić information content (AvgIpc) is 2.31. The van der Waals surface area contributed by atoms with Gasteiger partial charge in [-0.05, 0) is 18.9 Å². The number of nitrogens with one attached hydrogen (secondary N) is 1. The van der Waals surface area contributed by atoms with Gasteiger partial charge in [0, 0.05) is 12.1 Å². The molecule has 1 aromatic heterocycles. The minimum atomic E-state index is 0.423. The maximum absolute atomic E-state index is 5.86. The normalized spacial score (nSPS) is 12.2. The van der Waals surface area contributed by atoms with Gasteiger partial charge in [-0.25, -0.2) is 0 Å². The van der Waals surface area contributed by atoms with E-state index in [0.717, 1.165) is 25.1 Å². The van der Waals surface area contributed by atoms with Crippen LogP contribution < -0.4 is 15.8 Å². The Labute approximate surface area is 97.2 Å². The Morgan fingerprint density at radius 2 is 2.19 bits per heavy atom. The molecule has 1 heterocycles. The largest absolute Gasteiger partial charge is 0.481 e. The predicted octanol–water partition coefficient (Wildman–Crippen LogP) is 2.66. The maximum atomic E-state index is 5.86. The summed E-state index contributed by atoms with van der Waals surface area (Å²) < 4.78 is 5.08. The summed E-state index contributed by atoms with van der Waals surface area (Å²) >= 11 is 0. The van der Waals surface area contributed by atoms with E-state index in [0.29, 0.717) is 17.6 Å². The van der Waals surface area contributed by atoms with Gasteiger partial charge in [-0.1, -0.05) is 20.3 Å². The summed E-state index contributed by atoms with van der Waals surface area (Å²) in [6, 6.07) is 4.00. The number of hydrogen-bond acceptors (Lipinski definition) is 4. The lowest BCUT2D eigenvalue weighted by molar-refractivity contribution is 0.398. The summed E-state index contributed by atoms with van der Waals surface area (Å²) in [6.07, 6.45) is 3.33. The molecular formula is C12H21N3O. The van der Waals surface area contributed by atoms with Crippen LogP contribution in [0.15, 0.2) is 12.1 Å². The summed E-state index contributed by atoms with van der Waals surface area (Å²) in [6.45, 7) is 4.33. The van der Waals surface area contributed by atoms with Gasteiger partial charge < -0.3 is 15.8 Å². The van der Waals surface area contributed by atoms with E-state index >= 15 is 0 Å². The van der Waals surface area contributed by atoms with Gasteiger partial charge in [-0.2, -0.15) is 4.98 Å². The van der Waals surface area contributed by atoms with Gasteiger partial charge in [-0.3, -0.25) is 0 Å². The number of aromatic nitrogens is 1. The highest BCUT2D eigenvalue weighted by Gasteiger charge is 2.09. The molecule has 1 aromatic rings. The van der Waals surface area contributed by atoms with Crippen molar-refractivity contribution in [3.8, 4) is 5.88 Å². The summed E-state index contributed by atoms with van der Waals surface area (Å²) in [7, 11) is 1.60. The van der Waals surface area contributed by atoms with Crippen LogP contribution >= 0.6 is 0 Å². The average molecular weight is 223 g/mol. The first-order valence-electron chi connectivity index (χ1n) is 5.78. The molecule has 0 aliphatic carbocycles. The highest BCUT2D eigenvalue weighted by Crippen LogP contribution is 2.21. The van der Waals surface area contributed by atoms with Gasteiger partial charge in [0.1, 0.15) is 0 Å². The third-order valence-corrected chi connectivity index (χ3v) is 2.58. The first-order chi connectivity index (χ1) is 7.71. The second-order valence-corrected chi connectivity index (χ2v) is 3.83. The minimum absolute atomic E-state index is 0.423. The molecule has 0 saturated carbocycles. The zero-order chi connectivity index (χ0) is 12.0. The van der Waals surface area contributed by atoms with Gasteiger partial charge in [0.2, 0.25) is 5.88 Å². The molecule has 0 radical (unpaired) electrons. The number of methoxy groups -OCH3 is 1. The second-order valence-electron chi connectivity index (χ2n) is 3.83. The van der Waals surface area contributed by atoms with Crippen molar-refractivity contribution >= 4 is 11.5 Å². The molecule has 0 fully saturated rings. The van der Waals surface area contributed by atoms with Gasteiger partial charge in [0.25, 0.3) is 0 Å². The summed E-state index contributed by atoms with van der Waals surface area (Å²) in [4.78, 5) is 4.30. The number of anilines is 2. The van der Waals surface area contributed by atoms with Crippen LogP contribution in [0.3, 0.4) is 0 Å². The molecule has 16 heavy (non-hydrogen) atoms. The van der Waals surface area contributed by atoms with Crippen LogP contribution in [0, 0.1) is 0 Å². The molecule has 1 unspecified atom stereocenters. The summed E-state index contributed by atoms with van der Waals surface area (Å²) in [5, 5.41) is 3.36. The molecule has 4 nitrogen and oxygen atoms in total. The number of rotatable bonds is 6. The van der Waals surface area contributed by atoms with Gasteiger partial charge in [0.05, 0.1) is 12.8 Å². The molecule has 4 heteroatoms. The molecule has 3 N–H and O–H groups in total. The minimum Gasteiger partial charge on any atom is -0.481 e. The Balaban J connectivity index is 2.77. The Morgan fingerprint density at radius 1 is 1.44 bits per heavy atom. The number of pyridine rings is 1. The van der Waals surface area contributed by atoms with Crippen molar-refractivity contribution in [3.05, 3.63) is 12.1 Å². The Bertz CT molecular complexity index is 328. The molecule has 0 amide bonds. The van der Waals surface area contributed by atoms with E-state index in [9.17, 15) is 0 Å². The second kappa shape index (κ2) is 6.20. The van der Waals surface area contributed by atoms with Crippen LogP contribution in [-0.4, -0.2) is 18.1 Å². The Morgan fingerprint density at radius 3 is 2.75 bits per heavy atom. The molecule has 0 bridgehead atoms. The molecule has 0 aromatic carbocycles. The smallest absolute Gasteiger partial charge is 0.215 e. The lowest BCUT2D eigenvalue weighted by atomic mass is 10.1. The van der Waals surface area contributed by atoms with Crippen LogP contribution in [0.25, 0.3) is 0 Å². The number of nitrogens with two attached hydrogens (primary N) is 1. The molecule has 1 rings (SSSR count). The Kier molecular flexibility index (Phi) is 4.89. The molecule has 0 spiro atoms. The maximum Gasteiger partial charge on any atom is 0.215 e. The fraction of sp³-hybridized carbons (Fsp3) is 0.583. The van der Waals surface area contributed by atoms with Crippen molar-refractivity contribution in [1.29, 1.82) is 0 Å². The van der Waals surface area contributed by atoms with Crippen molar-refractivity contribution < 1.29 is 4.74 Å². The van der Waals surface area contributed by atoms with Crippen molar-refractivity contribution in [2.24, 2.45) is 0 Å². The monoisotopic (exact) mass is 223 g/mol. The number of hydrogen-bond donors (Lipinski definition) is 2. The molecule has 1 atom stereocenters. The van der Waals surface area contributed by atoms with E-state index in [1.165, 1.54) is 0 Å². The lowest BCUT2D eigenvalue weighted by Gasteiger charge is -2.18. The standard InChI is InChI=1S/C12H21N3O/c1-4-6-9(5-2)14-12-10(13)7-8-11(15-12)16-3/h7-9H,4-6,13H2,1-3H3,(H,14,15). The van der Waals surface area contributed by atoms with E-state index in [4.69, 9.17) is 10.5 Å². The molecule has 90 valence electrons. The van der Waals surface area contributed by atoms with Crippen molar-refractivity contribution in [3.63, 3.8) is 0 Å². The lowest BCUT2D eigenvalue weighted by Crippen LogP contribution is -2.19. The van der Waals surface area contributed by atoms with Gasteiger partial charge in [-0.15, -0.1) is 0 Å². The van der Waals surface area contributed by atoms with Crippen molar-refractivity contribution in [2.45, 2.75) is 39.2 Å². The van der Waals surface area contributed by atoms with E-state index in [2.05, 4.69) is 24.1 Å². The quantitative estimate of drug-likeness (QED) is 0.778. The third-order valence-electron chi connectivity index (χ3n) is 2.58. The van der Waals surface area contributed by atoms with E-state index in [1.54, 1.807) is 13.2 Å².